The number of nitrogens with zero attached hydrogens (tertiary/aromatic N) is 3. The van der Waals surface area contributed by atoms with Crippen LogP contribution < -0.4 is 10.2 Å². The Bertz CT molecular complexity index is 1150. The number of nitrogens with one attached hydrogen (secondary N) is 1. The average molecular weight is 386 g/mol. The van der Waals surface area contributed by atoms with E-state index in [9.17, 15) is 4.79 Å². The highest BCUT2D eigenvalue weighted by atomic mass is 16.3. The van der Waals surface area contributed by atoms with Crippen molar-refractivity contribution < 1.29 is 9.21 Å². The molecule has 4 aromatic rings. The molecule has 1 amide bonds. The fourth-order valence-corrected chi connectivity index (χ4v) is 4.11. The van der Waals surface area contributed by atoms with Crippen molar-refractivity contribution in [2.75, 3.05) is 11.4 Å². The maximum absolute atomic E-state index is 13.1. The number of furan rings is 1. The lowest BCUT2D eigenvalue weighted by molar-refractivity contribution is -0.123. The Morgan fingerprint density at radius 1 is 1.17 bits per heavy atom. The summed E-state index contributed by atoms with van der Waals surface area (Å²) < 4.78 is 5.91. The molecule has 6 heteroatoms. The second-order valence-electron chi connectivity index (χ2n) is 7.48. The molecule has 1 fully saturated rings. The van der Waals surface area contributed by atoms with Gasteiger partial charge in [-0.1, -0.05) is 30.3 Å². The summed E-state index contributed by atoms with van der Waals surface area (Å²) in [5.41, 5.74) is 1.72. The molecule has 0 spiro atoms. The van der Waals surface area contributed by atoms with Crippen LogP contribution in [0.15, 0.2) is 65.3 Å². The molecule has 2 aromatic carbocycles. The number of amides is 1. The molecule has 1 aliphatic rings. The maximum atomic E-state index is 13.1. The van der Waals surface area contributed by atoms with E-state index < -0.39 is 0 Å². The maximum Gasteiger partial charge on any atom is 0.243 e. The quantitative estimate of drug-likeness (QED) is 0.568. The Morgan fingerprint density at radius 3 is 2.90 bits per heavy atom. The van der Waals surface area contributed by atoms with Gasteiger partial charge in [0, 0.05) is 17.3 Å². The minimum Gasteiger partial charge on any atom is -0.459 e. The van der Waals surface area contributed by atoms with Gasteiger partial charge < -0.3 is 14.6 Å². The predicted molar refractivity (Wildman–Crippen MR) is 113 cm³/mol. The van der Waals surface area contributed by atoms with Crippen LogP contribution in [0.1, 0.15) is 31.6 Å². The lowest BCUT2D eigenvalue weighted by atomic mass is 10.1. The van der Waals surface area contributed by atoms with E-state index in [2.05, 4.69) is 20.2 Å². The van der Waals surface area contributed by atoms with Crippen LogP contribution in [0, 0.1) is 0 Å². The summed E-state index contributed by atoms with van der Waals surface area (Å²) in [6, 6.07) is 17.3. The van der Waals surface area contributed by atoms with E-state index in [0.29, 0.717) is 0 Å². The molecule has 0 saturated carbocycles. The molecule has 6 nitrogen and oxygen atoms in total. The van der Waals surface area contributed by atoms with Crippen molar-refractivity contribution in [3.05, 3.63) is 66.7 Å². The van der Waals surface area contributed by atoms with Crippen molar-refractivity contribution in [3.8, 4) is 0 Å². The van der Waals surface area contributed by atoms with Crippen molar-refractivity contribution in [3.63, 3.8) is 0 Å². The first-order valence-electron chi connectivity index (χ1n) is 9.96. The third kappa shape index (κ3) is 3.20. The summed E-state index contributed by atoms with van der Waals surface area (Å²) in [6.07, 6.45) is 3.33. The molecule has 29 heavy (non-hydrogen) atoms. The molecule has 1 saturated heterocycles. The van der Waals surface area contributed by atoms with E-state index in [0.717, 1.165) is 52.8 Å². The van der Waals surface area contributed by atoms with Gasteiger partial charge in [-0.15, -0.1) is 0 Å². The monoisotopic (exact) mass is 386 g/mol. The van der Waals surface area contributed by atoms with E-state index >= 15 is 0 Å². The van der Waals surface area contributed by atoms with Gasteiger partial charge >= 0.3 is 0 Å². The Labute approximate surface area is 168 Å². The molecule has 1 aliphatic heterocycles. The third-order valence-corrected chi connectivity index (χ3v) is 5.58. The van der Waals surface area contributed by atoms with Crippen molar-refractivity contribution in [2.45, 2.75) is 31.8 Å². The first kappa shape index (κ1) is 17.7. The van der Waals surface area contributed by atoms with Gasteiger partial charge in [-0.3, -0.25) is 4.79 Å². The molecular weight excluding hydrogens is 364 g/mol. The number of carbonyl (C=O) groups is 1. The fraction of sp³-hybridized carbons (Fsp3) is 0.261. The predicted octanol–water partition coefficient (Wildman–Crippen LogP) is 4.22. The Balaban J connectivity index is 1.38. The Hall–Kier alpha value is -3.41. The van der Waals surface area contributed by atoms with Gasteiger partial charge in [-0.25, -0.2) is 9.97 Å². The zero-order valence-corrected chi connectivity index (χ0v) is 16.2. The third-order valence-electron chi connectivity index (χ3n) is 5.58. The van der Waals surface area contributed by atoms with E-state index in [1.807, 2.05) is 61.5 Å². The Morgan fingerprint density at radius 2 is 2.00 bits per heavy atom. The largest absolute Gasteiger partial charge is 0.459 e. The molecule has 2 atom stereocenters. The topological polar surface area (TPSA) is 71.3 Å². The van der Waals surface area contributed by atoms with E-state index in [-0.39, 0.29) is 18.0 Å². The molecule has 0 unspecified atom stereocenters. The number of para-hydroxylation sites is 2. The molecule has 0 radical (unpaired) electrons. The highest BCUT2D eigenvalue weighted by molar-refractivity contribution is 5.93. The van der Waals surface area contributed by atoms with Gasteiger partial charge in [0.15, 0.2) is 0 Å². The van der Waals surface area contributed by atoms with Gasteiger partial charge in [-0.2, -0.15) is 0 Å². The van der Waals surface area contributed by atoms with Gasteiger partial charge in [0.25, 0.3) is 0 Å². The second-order valence-corrected chi connectivity index (χ2v) is 7.48. The Kier molecular flexibility index (Phi) is 4.39. The van der Waals surface area contributed by atoms with Crippen LogP contribution in [-0.4, -0.2) is 28.5 Å². The van der Waals surface area contributed by atoms with Crippen molar-refractivity contribution in [1.82, 2.24) is 15.3 Å². The highest BCUT2D eigenvalue weighted by Crippen LogP contribution is 2.30. The zero-order chi connectivity index (χ0) is 19.8. The average Bonchev–Trinajstić information content (AvgIpc) is 3.40. The number of rotatable bonds is 4. The molecule has 0 aliphatic carbocycles. The second kappa shape index (κ2) is 7.20. The summed E-state index contributed by atoms with van der Waals surface area (Å²) in [7, 11) is 0. The fourth-order valence-electron chi connectivity index (χ4n) is 4.11. The van der Waals surface area contributed by atoms with Crippen LogP contribution in [0.2, 0.25) is 0 Å². The lowest BCUT2D eigenvalue weighted by Crippen LogP contribution is -2.44. The molecule has 2 aromatic heterocycles. The molecule has 3 heterocycles. The first-order chi connectivity index (χ1) is 14.2. The summed E-state index contributed by atoms with van der Waals surface area (Å²) in [5.74, 6) is 1.58. The lowest BCUT2D eigenvalue weighted by Gasteiger charge is -2.26. The van der Waals surface area contributed by atoms with Crippen molar-refractivity contribution in [1.29, 1.82) is 0 Å². The highest BCUT2D eigenvalue weighted by Gasteiger charge is 2.33. The molecule has 0 bridgehead atoms. The minimum atomic E-state index is -0.250. The first-order valence-corrected chi connectivity index (χ1v) is 9.96. The summed E-state index contributed by atoms with van der Waals surface area (Å²) in [4.78, 5) is 24.1. The van der Waals surface area contributed by atoms with Crippen LogP contribution in [0.25, 0.3) is 21.9 Å². The number of benzene rings is 2. The minimum absolute atomic E-state index is 0.00171. The van der Waals surface area contributed by atoms with Crippen LogP contribution in [0.5, 0.6) is 0 Å². The standard InChI is InChI=1S/C23H22N4O2/c1-15(21-13-16-7-2-5-11-20(16)29-21)26-23(28)19-10-6-12-27(19)22-17-8-3-4-9-18(17)24-14-25-22/h2-5,7-9,11,13-15,19H,6,10,12H2,1H3,(H,26,28)/t15-,19-/m0/s1. The number of hydrogen-bond donors (Lipinski definition) is 1. The molecule has 1 N–H and O–H groups in total. The smallest absolute Gasteiger partial charge is 0.243 e. The number of anilines is 1. The van der Waals surface area contributed by atoms with Crippen LogP contribution in [0.4, 0.5) is 5.82 Å². The van der Waals surface area contributed by atoms with Gasteiger partial charge in [0.05, 0.1) is 11.6 Å². The number of carbonyl (C=O) groups excluding carboxylic acids is 1. The van der Waals surface area contributed by atoms with Crippen molar-refractivity contribution in [2.24, 2.45) is 0 Å². The summed E-state index contributed by atoms with van der Waals surface area (Å²) in [5, 5.41) is 5.14. The normalized spacial score (nSPS) is 17.7. The zero-order valence-electron chi connectivity index (χ0n) is 16.2. The molecular formula is C23H22N4O2. The van der Waals surface area contributed by atoms with Crippen LogP contribution in [-0.2, 0) is 4.79 Å². The summed E-state index contributed by atoms with van der Waals surface area (Å²) in [6.45, 7) is 2.76. The van der Waals surface area contributed by atoms with Gasteiger partial charge in [0.1, 0.15) is 29.5 Å². The SMILES string of the molecule is C[C@H](NC(=O)[C@@H]1CCCN1c1ncnc2ccccc12)c1cc2ccccc2o1. The van der Waals surface area contributed by atoms with Gasteiger partial charge in [0.2, 0.25) is 5.91 Å². The molecule has 146 valence electrons. The van der Waals surface area contributed by atoms with Crippen LogP contribution in [0.3, 0.4) is 0 Å². The van der Waals surface area contributed by atoms with Crippen LogP contribution >= 0.6 is 0 Å². The van der Waals surface area contributed by atoms with Gasteiger partial charge in [-0.05, 0) is 44.0 Å². The van der Waals surface area contributed by atoms with Crippen molar-refractivity contribution >= 4 is 33.6 Å². The van der Waals surface area contributed by atoms with E-state index in [1.165, 1.54) is 0 Å². The number of hydrogen-bond acceptors (Lipinski definition) is 5. The number of aromatic nitrogens is 2. The molecule has 5 rings (SSSR count). The number of fused-ring (bicyclic) bond motifs is 2. The summed E-state index contributed by atoms with van der Waals surface area (Å²) >= 11 is 0. The van der Waals surface area contributed by atoms with E-state index in [4.69, 9.17) is 4.42 Å². The van der Waals surface area contributed by atoms with E-state index in [1.54, 1.807) is 6.33 Å².